The van der Waals surface area contributed by atoms with Gasteiger partial charge in [-0.3, -0.25) is 0 Å². The summed E-state index contributed by atoms with van der Waals surface area (Å²) < 4.78 is 90.4. The summed E-state index contributed by atoms with van der Waals surface area (Å²) in [4.78, 5) is 7.02. The quantitative estimate of drug-likeness (QED) is 0.149. The minimum absolute atomic E-state index is 0. The molecular formula is C71H59N4OPt-3. The topological polar surface area (TPSA) is 35.2 Å². The fourth-order valence-electron chi connectivity index (χ4n) is 11.3. The molecule has 6 heteroatoms. The van der Waals surface area contributed by atoms with Crippen molar-refractivity contribution in [3.05, 3.63) is 247 Å². The summed E-state index contributed by atoms with van der Waals surface area (Å²) in [5.74, 6) is 1.68. The van der Waals surface area contributed by atoms with Gasteiger partial charge in [-0.1, -0.05) is 212 Å². The molecule has 0 unspecified atom stereocenters. The average molecular weight is 1190 g/mol. The molecule has 13 rings (SSSR count). The van der Waals surface area contributed by atoms with E-state index < -0.39 is 31.4 Å². The molecule has 5 nitrogen and oxygen atoms in total. The second-order valence-electron chi connectivity index (χ2n) is 21.5. The third-order valence-electron chi connectivity index (χ3n) is 15.3. The van der Waals surface area contributed by atoms with Crippen molar-refractivity contribution in [3.8, 4) is 28.4 Å². The second kappa shape index (κ2) is 18.9. The summed E-state index contributed by atoms with van der Waals surface area (Å²) in [6.07, 6.45) is 1.87. The normalized spacial score (nSPS) is 14.9. The molecule has 0 atom stereocenters. The number of hydrogen-bond acceptors (Lipinski definition) is 3. The summed E-state index contributed by atoms with van der Waals surface area (Å²) in [7, 11) is 0. The number of nitrogens with zero attached hydrogens (tertiary/aromatic N) is 4. The van der Waals surface area contributed by atoms with Crippen molar-refractivity contribution in [1.29, 1.82) is 0 Å². The van der Waals surface area contributed by atoms with Crippen LogP contribution < -0.4 is 9.64 Å². The summed E-state index contributed by atoms with van der Waals surface area (Å²) in [6, 6.07) is 73.6. The zero-order chi connectivity index (χ0) is 59.6. The second-order valence-corrected chi connectivity index (χ2v) is 21.5. The van der Waals surface area contributed by atoms with E-state index in [4.69, 9.17) is 22.1 Å². The Morgan fingerprint density at radius 2 is 1.09 bits per heavy atom. The minimum atomic E-state index is -3.48. The molecule has 0 aliphatic carbocycles. The van der Waals surface area contributed by atoms with Gasteiger partial charge in [-0.05, 0) is 124 Å². The van der Waals surface area contributed by atoms with Gasteiger partial charge in [-0.2, -0.15) is 12.1 Å². The van der Waals surface area contributed by atoms with Gasteiger partial charge in [-0.15, -0.1) is 35.7 Å². The number of para-hydroxylation sites is 3. The first-order valence-corrected chi connectivity index (χ1v) is 25.7. The predicted octanol–water partition coefficient (Wildman–Crippen LogP) is 18.8. The van der Waals surface area contributed by atoms with Gasteiger partial charge in [0.05, 0.1) is 0 Å². The molecule has 0 fully saturated rings. The minimum Gasteiger partial charge on any atom is -0.509 e. The Bertz CT molecular complexity index is 4690. The first-order valence-electron chi connectivity index (χ1n) is 30.2. The number of benzene rings is 9. The third kappa shape index (κ3) is 8.53. The molecular weight excluding hydrogens is 1120 g/mol. The van der Waals surface area contributed by atoms with Crippen LogP contribution in [0.2, 0.25) is 0 Å². The fourth-order valence-corrected chi connectivity index (χ4v) is 11.3. The molecule has 0 saturated carbocycles. The largest absolute Gasteiger partial charge is 0.509 e. The van der Waals surface area contributed by atoms with E-state index in [-0.39, 0.29) is 32.0 Å². The van der Waals surface area contributed by atoms with E-state index in [1.54, 1.807) is 0 Å². The van der Waals surface area contributed by atoms with Crippen LogP contribution in [-0.4, -0.2) is 14.1 Å². The Hall–Kier alpha value is -8.11. The van der Waals surface area contributed by atoms with Crippen LogP contribution in [0, 0.1) is 18.8 Å². The van der Waals surface area contributed by atoms with Gasteiger partial charge < -0.3 is 18.8 Å². The summed E-state index contributed by atoms with van der Waals surface area (Å²) in [5.41, 5.74) is 4.23. The van der Waals surface area contributed by atoms with Gasteiger partial charge in [0, 0.05) is 67.7 Å². The zero-order valence-corrected chi connectivity index (χ0v) is 45.5. The van der Waals surface area contributed by atoms with E-state index in [0.717, 1.165) is 76.7 Å². The molecule has 12 aromatic rings. The van der Waals surface area contributed by atoms with E-state index in [1.165, 1.54) is 17.7 Å². The maximum Gasteiger partial charge on any atom is 0.135 e. The molecule has 0 N–H and O–H groups in total. The first-order chi connectivity index (χ1) is 40.5. The molecule has 382 valence electrons. The molecule has 9 aromatic carbocycles. The van der Waals surface area contributed by atoms with Crippen molar-refractivity contribution in [2.75, 3.05) is 4.90 Å². The van der Waals surface area contributed by atoms with Crippen LogP contribution in [0.25, 0.3) is 82.1 Å². The molecule has 0 radical (unpaired) electrons. The maximum atomic E-state index is 8.81. The van der Waals surface area contributed by atoms with E-state index in [2.05, 4.69) is 137 Å². The van der Waals surface area contributed by atoms with Crippen molar-refractivity contribution >= 4 is 76.5 Å². The maximum absolute atomic E-state index is 8.81. The molecule has 0 saturated heterocycles. The molecule has 3 aromatic heterocycles. The Labute approximate surface area is 478 Å². The Morgan fingerprint density at radius 3 is 1.79 bits per heavy atom. The van der Waals surface area contributed by atoms with Crippen LogP contribution >= 0.6 is 0 Å². The van der Waals surface area contributed by atoms with Gasteiger partial charge in [0.15, 0.2) is 0 Å². The van der Waals surface area contributed by atoms with Crippen molar-refractivity contribution in [2.24, 2.45) is 0 Å². The van der Waals surface area contributed by atoms with Crippen LogP contribution in [0.4, 0.5) is 11.4 Å². The fraction of sp³-hybridized carbons (Fsp3) is 0.155. The average Bonchev–Trinajstić information content (AvgIpc) is 1.20. The van der Waals surface area contributed by atoms with Crippen LogP contribution in [0.5, 0.6) is 11.5 Å². The van der Waals surface area contributed by atoms with Crippen molar-refractivity contribution in [2.45, 2.75) is 71.4 Å². The number of anilines is 2. The molecule has 77 heavy (non-hydrogen) atoms. The third-order valence-corrected chi connectivity index (χ3v) is 15.3. The molecule has 1 aliphatic heterocycles. The predicted molar refractivity (Wildman–Crippen MR) is 318 cm³/mol. The standard InChI is InChI=1S/C71H59N4O.Pt/c1-69(2,3)49-39-46(40-50(41-49)70(4,5)6)54-30-19-31-61-57-27-14-12-25-55(57)56-26-13-15-28-58(56)62-32-20-34-64-68(62)74(67(54)61)45-73(64)51-23-18-24-52(43-51)76-53-35-36-60-59-29-16-17-33-63(59)75(65(60)44-53)66-42-48(37-38-72-66)71(7,8)47-21-10-9-11-22-47;/h9-42,45H,1-8H3;/q-3;/i1D3,2D3,3D3;. The van der Waals surface area contributed by atoms with E-state index >= 15 is 0 Å². The molecule has 0 spiro atoms. The van der Waals surface area contributed by atoms with E-state index in [1.807, 2.05) is 125 Å². The SMILES string of the molecule is [2H]C([2H])([2H])C(c1cc(-c2cccc3c4ccccc4c4ccccc4c4cccc5c4n(c23)[CH-]N5c2[c-]c(Oc3[c-]c4c(cc3)c3ccccc3n4-c3cc(C(C)(C)c4ccccc4)ccn3)ccc2)cc(C(C)(C)C)c1)(C([2H])([2H])[2H])C([2H])([2H])[2H].[Pt]. The number of fused-ring (bicyclic) bond motifs is 10. The molecule has 1 aliphatic rings. The van der Waals surface area contributed by atoms with E-state index in [9.17, 15) is 0 Å². The Morgan fingerprint density at radius 1 is 0.494 bits per heavy atom. The number of ether oxygens (including phenoxy) is 1. The van der Waals surface area contributed by atoms with Gasteiger partial charge in [0.2, 0.25) is 0 Å². The van der Waals surface area contributed by atoms with Crippen LogP contribution in [-0.2, 0) is 37.3 Å². The van der Waals surface area contributed by atoms with Gasteiger partial charge in [0.1, 0.15) is 5.82 Å². The molecule has 0 bridgehead atoms. The molecule has 4 heterocycles. The van der Waals surface area contributed by atoms with Crippen molar-refractivity contribution in [3.63, 3.8) is 0 Å². The Kier molecular flexibility index (Phi) is 9.84. The summed E-state index contributed by atoms with van der Waals surface area (Å²) in [5, 5.41) is 7.69. The van der Waals surface area contributed by atoms with Gasteiger partial charge in [0.25, 0.3) is 0 Å². The Balaban J connectivity index is 0.00000724. The van der Waals surface area contributed by atoms with Crippen molar-refractivity contribution in [1.82, 2.24) is 14.1 Å². The smallest absolute Gasteiger partial charge is 0.135 e. The van der Waals surface area contributed by atoms with Gasteiger partial charge in [-0.25, -0.2) is 4.98 Å². The van der Waals surface area contributed by atoms with Crippen molar-refractivity contribution < 1.29 is 38.1 Å². The number of pyridine rings is 1. The zero-order valence-electron chi connectivity index (χ0n) is 52.2. The summed E-state index contributed by atoms with van der Waals surface area (Å²) >= 11 is 0. The number of rotatable bonds is 7. The van der Waals surface area contributed by atoms with Gasteiger partial charge >= 0.3 is 0 Å². The first kappa shape index (κ1) is 40.2. The van der Waals surface area contributed by atoms with E-state index in [0.29, 0.717) is 39.4 Å². The van der Waals surface area contributed by atoms with Crippen LogP contribution in [0.3, 0.4) is 0 Å². The number of aromatic nitrogens is 3. The number of hydrogen-bond donors (Lipinski definition) is 0. The molecule has 0 amide bonds. The summed E-state index contributed by atoms with van der Waals surface area (Å²) in [6.45, 7) is 1.85. The monoisotopic (exact) mass is 1190 g/mol. The van der Waals surface area contributed by atoms with Crippen LogP contribution in [0.15, 0.2) is 206 Å². The van der Waals surface area contributed by atoms with Crippen LogP contribution in [0.1, 0.15) is 89.8 Å².